The summed E-state index contributed by atoms with van der Waals surface area (Å²) in [5.74, 6) is 0.700. The molecule has 2 aromatic heterocycles. The van der Waals surface area contributed by atoms with Crippen LogP contribution in [0.5, 0.6) is 0 Å². The van der Waals surface area contributed by atoms with Crippen molar-refractivity contribution in [2.24, 2.45) is 7.05 Å². The largest absolute Gasteiger partial charge is 0.353 e. The second kappa shape index (κ2) is 7.31. The minimum absolute atomic E-state index is 0.0408. The smallest absolute Gasteiger partial charge is 0.266 e. The van der Waals surface area contributed by atoms with Gasteiger partial charge in [0.25, 0.3) is 11.5 Å². The molecule has 140 valence electrons. The first-order valence-electron chi connectivity index (χ1n) is 9.05. The maximum Gasteiger partial charge on any atom is 0.266 e. The number of piperidine rings is 1. The van der Waals surface area contributed by atoms with E-state index in [1.54, 1.807) is 16.8 Å². The van der Waals surface area contributed by atoms with Crippen LogP contribution < -0.4 is 15.8 Å². The van der Waals surface area contributed by atoms with Gasteiger partial charge in [0, 0.05) is 44.5 Å². The van der Waals surface area contributed by atoms with Gasteiger partial charge in [-0.15, -0.1) is 0 Å². The third-order valence-electron chi connectivity index (χ3n) is 4.97. The van der Waals surface area contributed by atoms with Gasteiger partial charge in [0.1, 0.15) is 5.82 Å². The van der Waals surface area contributed by atoms with E-state index in [2.05, 4.69) is 20.4 Å². The van der Waals surface area contributed by atoms with E-state index in [4.69, 9.17) is 0 Å². The summed E-state index contributed by atoms with van der Waals surface area (Å²) in [6.45, 7) is 7.74. The van der Waals surface area contributed by atoms with E-state index in [-0.39, 0.29) is 17.5 Å². The normalized spacial score (nSPS) is 17.4. The molecule has 8 nitrogen and oxygen atoms in total. The van der Waals surface area contributed by atoms with Crippen molar-refractivity contribution < 1.29 is 4.79 Å². The van der Waals surface area contributed by atoms with Gasteiger partial charge >= 0.3 is 0 Å². The molecule has 0 aromatic carbocycles. The van der Waals surface area contributed by atoms with Gasteiger partial charge in [0.2, 0.25) is 0 Å². The van der Waals surface area contributed by atoms with Crippen molar-refractivity contribution in [3.05, 3.63) is 39.4 Å². The monoisotopic (exact) mass is 358 g/mol. The van der Waals surface area contributed by atoms with Crippen LogP contribution in [-0.2, 0) is 13.6 Å². The average molecular weight is 358 g/mol. The third kappa shape index (κ3) is 3.49. The van der Waals surface area contributed by atoms with Crippen molar-refractivity contribution in [2.45, 2.75) is 46.2 Å². The van der Waals surface area contributed by atoms with E-state index in [1.807, 2.05) is 27.8 Å². The van der Waals surface area contributed by atoms with E-state index in [0.29, 0.717) is 18.7 Å². The Hall–Kier alpha value is -2.64. The first-order chi connectivity index (χ1) is 12.4. The molecule has 1 amide bonds. The molecule has 1 fully saturated rings. The Labute approximate surface area is 152 Å². The number of nitrogens with zero attached hydrogens (tertiary/aromatic N) is 5. The molecular formula is C18H26N6O2. The lowest BCUT2D eigenvalue weighted by Crippen LogP contribution is -2.48. The molecule has 0 aliphatic carbocycles. The quantitative estimate of drug-likeness (QED) is 0.882. The fourth-order valence-electron chi connectivity index (χ4n) is 3.50. The molecule has 0 spiro atoms. The van der Waals surface area contributed by atoms with Crippen LogP contribution in [-0.4, -0.2) is 44.6 Å². The molecule has 3 heterocycles. The maximum atomic E-state index is 12.7. The highest BCUT2D eigenvalue weighted by atomic mass is 16.2. The maximum absolute atomic E-state index is 12.7. The highest BCUT2D eigenvalue weighted by molar-refractivity contribution is 5.96. The second-order valence-corrected chi connectivity index (χ2v) is 6.77. The van der Waals surface area contributed by atoms with Crippen LogP contribution >= 0.6 is 0 Å². The summed E-state index contributed by atoms with van der Waals surface area (Å²) >= 11 is 0. The third-order valence-corrected chi connectivity index (χ3v) is 4.97. The molecule has 1 aliphatic heterocycles. The minimum atomic E-state index is -0.0966. The summed E-state index contributed by atoms with van der Waals surface area (Å²) in [7, 11) is 1.84. The van der Waals surface area contributed by atoms with Gasteiger partial charge in [0.05, 0.1) is 11.3 Å². The lowest BCUT2D eigenvalue weighted by atomic mass is 10.0. The Bertz CT molecular complexity index is 869. The zero-order valence-corrected chi connectivity index (χ0v) is 15.8. The predicted octanol–water partition coefficient (Wildman–Crippen LogP) is 1.01. The number of amides is 1. The van der Waals surface area contributed by atoms with Gasteiger partial charge < -0.3 is 10.2 Å². The highest BCUT2D eigenvalue weighted by Gasteiger charge is 2.25. The summed E-state index contributed by atoms with van der Waals surface area (Å²) in [6.07, 6.45) is 1.89. The van der Waals surface area contributed by atoms with Gasteiger partial charge in [-0.2, -0.15) is 10.2 Å². The van der Waals surface area contributed by atoms with E-state index < -0.39 is 0 Å². The zero-order chi connectivity index (χ0) is 18.8. The molecule has 2 aromatic rings. The van der Waals surface area contributed by atoms with Gasteiger partial charge in [-0.1, -0.05) is 0 Å². The van der Waals surface area contributed by atoms with Gasteiger partial charge in [-0.3, -0.25) is 14.3 Å². The Morgan fingerprint density at radius 3 is 2.73 bits per heavy atom. The highest BCUT2D eigenvalue weighted by Crippen LogP contribution is 2.18. The van der Waals surface area contributed by atoms with Gasteiger partial charge in [-0.25, -0.2) is 4.68 Å². The molecule has 8 heteroatoms. The molecule has 3 rings (SSSR count). The van der Waals surface area contributed by atoms with Crippen LogP contribution in [0.4, 0.5) is 5.82 Å². The molecule has 1 atom stereocenters. The van der Waals surface area contributed by atoms with Crippen LogP contribution in [0, 0.1) is 13.8 Å². The Balaban J connectivity index is 1.72. The SMILES string of the molecule is CCn1nc(N2CCCC(NC(=O)c3c(C)nn(C)c3C)C2)ccc1=O. The Kier molecular flexibility index (Phi) is 5.11. The second-order valence-electron chi connectivity index (χ2n) is 6.77. The van der Waals surface area contributed by atoms with Crippen molar-refractivity contribution in [2.75, 3.05) is 18.0 Å². The molecule has 1 aliphatic rings. The first kappa shape index (κ1) is 18.2. The van der Waals surface area contributed by atoms with E-state index in [0.717, 1.165) is 36.6 Å². The van der Waals surface area contributed by atoms with Crippen molar-refractivity contribution >= 4 is 11.7 Å². The molecule has 26 heavy (non-hydrogen) atoms. The lowest BCUT2D eigenvalue weighted by molar-refractivity contribution is 0.0931. The van der Waals surface area contributed by atoms with Crippen LogP contribution in [0.1, 0.15) is 41.5 Å². The summed E-state index contributed by atoms with van der Waals surface area (Å²) in [5.41, 5.74) is 2.17. The number of carbonyl (C=O) groups is 1. The number of rotatable bonds is 4. The van der Waals surface area contributed by atoms with Crippen molar-refractivity contribution in [3.63, 3.8) is 0 Å². The zero-order valence-electron chi connectivity index (χ0n) is 15.8. The van der Waals surface area contributed by atoms with Crippen LogP contribution in [0.3, 0.4) is 0 Å². The van der Waals surface area contributed by atoms with E-state index in [9.17, 15) is 9.59 Å². The molecule has 0 bridgehead atoms. The Morgan fingerprint density at radius 2 is 2.08 bits per heavy atom. The predicted molar refractivity (Wildman–Crippen MR) is 99.6 cm³/mol. The summed E-state index contributed by atoms with van der Waals surface area (Å²) in [5, 5.41) is 11.9. The van der Waals surface area contributed by atoms with Gasteiger partial charge in [-0.05, 0) is 39.7 Å². The molecular weight excluding hydrogens is 332 g/mol. The van der Waals surface area contributed by atoms with E-state index in [1.165, 1.54) is 4.68 Å². The van der Waals surface area contributed by atoms with Crippen molar-refractivity contribution in [3.8, 4) is 0 Å². The average Bonchev–Trinajstić information content (AvgIpc) is 2.87. The van der Waals surface area contributed by atoms with Crippen molar-refractivity contribution in [1.29, 1.82) is 0 Å². The topological polar surface area (TPSA) is 85.1 Å². The number of hydrogen-bond acceptors (Lipinski definition) is 5. The Morgan fingerprint density at radius 1 is 1.31 bits per heavy atom. The summed E-state index contributed by atoms with van der Waals surface area (Å²) < 4.78 is 3.19. The minimum Gasteiger partial charge on any atom is -0.353 e. The molecule has 1 N–H and O–H groups in total. The standard InChI is InChI=1S/C18H26N6O2/c1-5-24-16(25)9-8-15(21-24)23-10-6-7-14(11-23)19-18(26)17-12(2)20-22(4)13(17)3/h8-9,14H,5-7,10-11H2,1-4H3,(H,19,26). The molecule has 1 saturated heterocycles. The van der Waals surface area contributed by atoms with Crippen molar-refractivity contribution in [1.82, 2.24) is 24.9 Å². The fraction of sp³-hybridized carbons (Fsp3) is 0.556. The van der Waals surface area contributed by atoms with Gasteiger partial charge in [0.15, 0.2) is 0 Å². The number of aryl methyl sites for hydroxylation is 3. The summed E-state index contributed by atoms with van der Waals surface area (Å²) in [6, 6.07) is 3.35. The first-order valence-corrected chi connectivity index (χ1v) is 9.05. The van der Waals surface area contributed by atoms with E-state index >= 15 is 0 Å². The molecule has 0 radical (unpaired) electrons. The number of hydrogen-bond donors (Lipinski definition) is 1. The fourth-order valence-corrected chi connectivity index (χ4v) is 3.50. The number of anilines is 1. The number of carbonyl (C=O) groups excluding carboxylic acids is 1. The summed E-state index contributed by atoms with van der Waals surface area (Å²) in [4.78, 5) is 26.6. The number of aromatic nitrogens is 4. The molecule has 0 saturated carbocycles. The number of nitrogens with one attached hydrogen (secondary N) is 1. The lowest BCUT2D eigenvalue weighted by Gasteiger charge is -2.34. The molecule has 1 unspecified atom stereocenters. The van der Waals surface area contributed by atoms with Crippen LogP contribution in [0.15, 0.2) is 16.9 Å². The van der Waals surface area contributed by atoms with Crippen LogP contribution in [0.2, 0.25) is 0 Å². The van der Waals surface area contributed by atoms with Crippen LogP contribution in [0.25, 0.3) is 0 Å².